The largest absolute Gasteiger partial charge is 0.390 e. The monoisotopic (exact) mass is 654 g/mol. The predicted octanol–water partition coefficient (Wildman–Crippen LogP) is 2.66. The number of hydrogen-bond donors (Lipinski definition) is 5. The molecule has 1 aliphatic carbocycles. The van der Waals surface area contributed by atoms with E-state index in [1.165, 1.54) is 17.6 Å². The standard InChI is InChI=1S/C35H54N6O6/c1-24(2)18-31(42)32(43)28(19-25-10-6-4-7-11-25)38-33(44)30(21-27-22-36-23-37-27)40(3)34(45)29(20-26-12-8-5-9-13-26)39-35(46)41-14-16-47-17-15-41/h5,8-9,12-13,22-25,28-32,42-43H,4,6-7,10-11,14-21H2,1-3H3,(H,36,37)(H,38,44)(H,39,46)/t28-,29-,30-,31-,32+/m0/s1. The van der Waals surface area contributed by atoms with Crippen LogP contribution in [-0.2, 0) is 27.2 Å². The van der Waals surface area contributed by atoms with Crippen molar-refractivity contribution in [2.45, 2.75) is 102 Å². The molecule has 12 heteroatoms. The van der Waals surface area contributed by atoms with Crippen molar-refractivity contribution in [2.75, 3.05) is 33.4 Å². The molecule has 0 bridgehead atoms. The Morgan fingerprint density at radius 1 is 1.04 bits per heavy atom. The molecule has 0 unspecified atom stereocenters. The Labute approximate surface area is 278 Å². The van der Waals surface area contributed by atoms with E-state index in [2.05, 4.69) is 20.6 Å². The van der Waals surface area contributed by atoms with E-state index in [-0.39, 0.29) is 24.8 Å². The van der Waals surface area contributed by atoms with Gasteiger partial charge in [0.25, 0.3) is 0 Å². The third-order valence-corrected chi connectivity index (χ3v) is 9.42. The van der Waals surface area contributed by atoms with Crippen LogP contribution in [0.25, 0.3) is 0 Å². The van der Waals surface area contributed by atoms with Crippen LogP contribution in [0, 0.1) is 11.8 Å². The number of urea groups is 1. The first kappa shape index (κ1) is 36.4. The summed E-state index contributed by atoms with van der Waals surface area (Å²) in [6.07, 6.45) is 7.72. The highest BCUT2D eigenvalue weighted by molar-refractivity contribution is 5.92. The lowest BCUT2D eigenvalue weighted by molar-refractivity contribution is -0.141. The highest BCUT2D eigenvalue weighted by Gasteiger charge is 2.37. The lowest BCUT2D eigenvalue weighted by atomic mass is 9.82. The average molecular weight is 655 g/mol. The number of aromatic amines is 1. The van der Waals surface area contributed by atoms with E-state index in [0.29, 0.717) is 50.8 Å². The molecule has 1 aromatic heterocycles. The number of carbonyl (C=O) groups is 3. The van der Waals surface area contributed by atoms with Crippen LogP contribution in [0.15, 0.2) is 42.9 Å². The lowest BCUT2D eigenvalue weighted by Gasteiger charge is -2.36. The second kappa shape index (κ2) is 18.2. The van der Waals surface area contributed by atoms with Gasteiger partial charge in [-0.1, -0.05) is 76.3 Å². The summed E-state index contributed by atoms with van der Waals surface area (Å²) >= 11 is 0. The smallest absolute Gasteiger partial charge is 0.318 e. The molecule has 4 rings (SSSR count). The Kier molecular flexibility index (Phi) is 14.1. The summed E-state index contributed by atoms with van der Waals surface area (Å²) in [6, 6.07) is 6.48. The van der Waals surface area contributed by atoms with Crippen molar-refractivity contribution in [3.05, 3.63) is 54.1 Å². The number of rotatable bonds is 15. The van der Waals surface area contributed by atoms with Crippen LogP contribution in [0.4, 0.5) is 4.79 Å². The first-order chi connectivity index (χ1) is 22.6. The number of nitrogens with zero attached hydrogens (tertiary/aromatic N) is 3. The molecule has 2 aliphatic rings. The summed E-state index contributed by atoms with van der Waals surface area (Å²) in [4.78, 5) is 51.9. The quantitative estimate of drug-likeness (QED) is 0.197. The second-order valence-corrected chi connectivity index (χ2v) is 13.6. The minimum absolute atomic E-state index is 0.143. The zero-order valence-corrected chi connectivity index (χ0v) is 28.1. The summed E-state index contributed by atoms with van der Waals surface area (Å²) in [6.45, 7) is 5.66. The van der Waals surface area contributed by atoms with Gasteiger partial charge in [0.05, 0.1) is 31.7 Å². The van der Waals surface area contributed by atoms with E-state index in [4.69, 9.17) is 4.74 Å². The van der Waals surface area contributed by atoms with Crippen molar-refractivity contribution in [1.29, 1.82) is 0 Å². The SMILES string of the molecule is CC(C)C[C@H](O)[C@H](O)[C@H](CC1CCCCC1)NC(=O)[C@H](Cc1cnc[nH]1)N(C)C(=O)[C@H](Cc1ccccc1)NC(=O)N1CCOCC1. The Bertz CT molecular complexity index is 1230. The first-order valence-electron chi connectivity index (χ1n) is 17.2. The number of H-pyrrole nitrogens is 1. The van der Waals surface area contributed by atoms with Crippen LogP contribution in [0.1, 0.15) is 70.1 Å². The van der Waals surface area contributed by atoms with E-state index < -0.39 is 42.1 Å². The third kappa shape index (κ3) is 11.0. The van der Waals surface area contributed by atoms with E-state index in [0.717, 1.165) is 31.2 Å². The average Bonchev–Trinajstić information content (AvgIpc) is 3.60. The number of hydrogen-bond acceptors (Lipinski definition) is 7. The molecule has 260 valence electrons. The molecule has 4 amide bonds. The molecule has 0 spiro atoms. The highest BCUT2D eigenvalue weighted by atomic mass is 16.5. The number of nitrogens with one attached hydrogen (secondary N) is 3. The van der Waals surface area contributed by atoms with Gasteiger partial charge in [0, 0.05) is 44.9 Å². The van der Waals surface area contributed by atoms with E-state index >= 15 is 0 Å². The maximum Gasteiger partial charge on any atom is 0.318 e. The van der Waals surface area contributed by atoms with Crippen molar-refractivity contribution in [1.82, 2.24) is 30.4 Å². The van der Waals surface area contributed by atoms with Crippen molar-refractivity contribution in [2.24, 2.45) is 11.8 Å². The molecule has 12 nitrogen and oxygen atoms in total. The van der Waals surface area contributed by atoms with Gasteiger partial charge in [-0.25, -0.2) is 9.78 Å². The van der Waals surface area contributed by atoms with Gasteiger partial charge in [0.15, 0.2) is 0 Å². The van der Waals surface area contributed by atoms with Gasteiger partial charge in [-0.15, -0.1) is 0 Å². The Hall–Kier alpha value is -3.48. The number of imidazole rings is 1. The van der Waals surface area contributed by atoms with Crippen molar-refractivity contribution >= 4 is 17.8 Å². The fourth-order valence-electron chi connectivity index (χ4n) is 6.70. The molecule has 1 saturated heterocycles. The summed E-state index contributed by atoms with van der Waals surface area (Å²) in [5.74, 6) is -0.368. The molecule has 1 saturated carbocycles. The molecule has 0 radical (unpaired) electrons. The third-order valence-electron chi connectivity index (χ3n) is 9.42. The summed E-state index contributed by atoms with van der Waals surface area (Å²) < 4.78 is 5.39. The number of morpholine rings is 1. The minimum Gasteiger partial charge on any atom is -0.390 e. The maximum atomic E-state index is 14.3. The van der Waals surface area contributed by atoms with Crippen LogP contribution in [-0.4, -0.2) is 112 Å². The van der Waals surface area contributed by atoms with Gasteiger partial charge in [-0.2, -0.15) is 0 Å². The normalized spacial score (nSPS) is 19.0. The van der Waals surface area contributed by atoms with Crippen LogP contribution >= 0.6 is 0 Å². The van der Waals surface area contributed by atoms with Crippen molar-refractivity contribution < 1.29 is 29.3 Å². The predicted molar refractivity (Wildman–Crippen MR) is 178 cm³/mol. The Morgan fingerprint density at radius 2 is 1.74 bits per heavy atom. The Morgan fingerprint density at radius 3 is 2.38 bits per heavy atom. The number of likely N-dealkylation sites (N-methyl/N-ethyl adjacent to an activating group) is 1. The van der Waals surface area contributed by atoms with Crippen molar-refractivity contribution in [3.63, 3.8) is 0 Å². The van der Waals surface area contributed by atoms with Crippen LogP contribution in [0.5, 0.6) is 0 Å². The van der Waals surface area contributed by atoms with Crippen molar-refractivity contribution in [3.8, 4) is 0 Å². The van der Waals surface area contributed by atoms with Gasteiger partial charge >= 0.3 is 6.03 Å². The van der Waals surface area contributed by atoms with Gasteiger partial charge < -0.3 is 40.4 Å². The number of aromatic nitrogens is 2. The maximum absolute atomic E-state index is 14.3. The topological polar surface area (TPSA) is 160 Å². The number of ether oxygens (including phenoxy) is 1. The highest BCUT2D eigenvalue weighted by Crippen LogP contribution is 2.29. The molecule has 2 heterocycles. The summed E-state index contributed by atoms with van der Waals surface area (Å²) in [7, 11) is 1.57. The molecule has 2 fully saturated rings. The van der Waals surface area contributed by atoms with Gasteiger partial charge in [0.1, 0.15) is 18.2 Å². The lowest BCUT2D eigenvalue weighted by Crippen LogP contribution is -2.60. The first-order valence-corrected chi connectivity index (χ1v) is 17.2. The number of carbonyl (C=O) groups excluding carboxylic acids is 3. The molecular formula is C35H54N6O6. The van der Waals surface area contributed by atoms with Gasteiger partial charge in [0.2, 0.25) is 11.8 Å². The number of benzene rings is 1. The second-order valence-electron chi connectivity index (χ2n) is 13.6. The number of aliphatic hydroxyl groups excluding tert-OH is 2. The fraction of sp³-hybridized carbons (Fsp3) is 0.657. The van der Waals surface area contributed by atoms with Gasteiger partial charge in [-0.3, -0.25) is 9.59 Å². The summed E-state index contributed by atoms with van der Waals surface area (Å²) in [5.41, 5.74) is 1.52. The number of aliphatic hydroxyl groups is 2. The van der Waals surface area contributed by atoms with Crippen LogP contribution in [0.2, 0.25) is 0 Å². The zero-order valence-electron chi connectivity index (χ0n) is 28.1. The Balaban J connectivity index is 1.57. The summed E-state index contributed by atoms with van der Waals surface area (Å²) in [5, 5.41) is 28.3. The van der Waals surface area contributed by atoms with E-state index in [9.17, 15) is 24.6 Å². The molecular weight excluding hydrogens is 600 g/mol. The van der Waals surface area contributed by atoms with Crippen LogP contribution in [0.3, 0.4) is 0 Å². The molecule has 5 atom stereocenters. The van der Waals surface area contributed by atoms with E-state index in [1.54, 1.807) is 18.1 Å². The minimum atomic E-state index is -1.16. The molecule has 2 aromatic rings. The fourth-order valence-corrected chi connectivity index (χ4v) is 6.70. The molecule has 1 aliphatic heterocycles. The molecule has 5 N–H and O–H groups in total. The van der Waals surface area contributed by atoms with Crippen LogP contribution < -0.4 is 10.6 Å². The van der Waals surface area contributed by atoms with E-state index in [1.807, 2.05) is 44.2 Å². The molecule has 47 heavy (non-hydrogen) atoms. The zero-order chi connectivity index (χ0) is 33.8. The van der Waals surface area contributed by atoms with Gasteiger partial charge in [-0.05, 0) is 30.2 Å². The molecule has 1 aromatic carbocycles. The number of amides is 4.